The van der Waals surface area contributed by atoms with Crippen molar-refractivity contribution in [1.82, 2.24) is 20.4 Å². The van der Waals surface area contributed by atoms with Crippen LogP contribution in [0.1, 0.15) is 53.6 Å². The van der Waals surface area contributed by atoms with E-state index in [1.54, 1.807) is 0 Å². The molecule has 8 nitrogen and oxygen atoms in total. The summed E-state index contributed by atoms with van der Waals surface area (Å²) in [6.07, 6.45) is 3.46. The molecule has 0 spiro atoms. The van der Waals surface area contributed by atoms with Crippen LogP contribution < -0.4 is 10.6 Å². The van der Waals surface area contributed by atoms with Gasteiger partial charge in [-0.2, -0.15) is 10.2 Å². The summed E-state index contributed by atoms with van der Waals surface area (Å²) in [7, 11) is 0. The standard InChI is InChI=1S/C29H28N6O2/c36-28(17-20-7-3-1-4-8-20)30-26-15-13-24(32-34-26)22-11-12-23(19-22)25-14-16-27(35-33-25)31-29(37)18-21-9-5-2-6-10-21/h1-10,13-16,22-23H,11-12,17-19H2,(H,30,34,36)(H,31,35,37)/t22-,23-/m0/s1. The molecule has 1 fully saturated rings. The van der Waals surface area contributed by atoms with Gasteiger partial charge in [0.25, 0.3) is 0 Å². The Bertz CT molecular complexity index is 1220. The van der Waals surface area contributed by atoms with Crippen molar-refractivity contribution >= 4 is 23.5 Å². The molecule has 1 saturated carbocycles. The zero-order valence-corrected chi connectivity index (χ0v) is 20.4. The van der Waals surface area contributed by atoms with Crippen LogP contribution in [-0.2, 0) is 22.4 Å². The SMILES string of the molecule is O=C(Cc1ccccc1)Nc1ccc([C@H]2CC[C@H](c3ccc(NC(=O)Cc4ccccc4)nn3)C2)nn1. The summed E-state index contributed by atoms with van der Waals surface area (Å²) in [4.78, 5) is 24.5. The fourth-order valence-corrected chi connectivity index (χ4v) is 4.71. The summed E-state index contributed by atoms with van der Waals surface area (Å²) < 4.78 is 0. The normalized spacial score (nSPS) is 16.8. The Hall–Kier alpha value is -4.46. The predicted octanol–water partition coefficient (Wildman–Crippen LogP) is 4.68. The molecule has 0 saturated heterocycles. The lowest BCUT2D eigenvalue weighted by Crippen LogP contribution is -2.16. The number of carbonyl (C=O) groups is 2. The first-order valence-electron chi connectivity index (χ1n) is 12.5. The predicted molar refractivity (Wildman–Crippen MR) is 141 cm³/mol. The molecule has 2 amide bonds. The van der Waals surface area contributed by atoms with Crippen molar-refractivity contribution < 1.29 is 9.59 Å². The lowest BCUT2D eigenvalue weighted by atomic mass is 9.99. The second-order valence-corrected chi connectivity index (χ2v) is 9.31. The lowest BCUT2D eigenvalue weighted by molar-refractivity contribution is -0.116. The zero-order chi connectivity index (χ0) is 25.5. The Morgan fingerprint density at radius 2 is 1.03 bits per heavy atom. The van der Waals surface area contributed by atoms with Crippen molar-refractivity contribution in [2.45, 2.75) is 43.9 Å². The second kappa shape index (κ2) is 11.5. The largest absolute Gasteiger partial charge is 0.309 e. The average molecular weight is 493 g/mol. The van der Waals surface area contributed by atoms with E-state index >= 15 is 0 Å². The molecule has 0 aliphatic heterocycles. The molecule has 2 heterocycles. The molecule has 4 aromatic rings. The van der Waals surface area contributed by atoms with E-state index in [1.165, 1.54) is 0 Å². The molecule has 2 aromatic carbocycles. The maximum absolute atomic E-state index is 12.3. The lowest BCUT2D eigenvalue weighted by Gasteiger charge is -2.11. The maximum Gasteiger partial charge on any atom is 0.229 e. The molecular weight excluding hydrogens is 464 g/mol. The minimum atomic E-state index is -0.118. The summed E-state index contributed by atoms with van der Waals surface area (Å²) >= 11 is 0. The molecular formula is C29H28N6O2. The van der Waals surface area contributed by atoms with E-state index in [-0.39, 0.29) is 23.7 Å². The van der Waals surface area contributed by atoms with Gasteiger partial charge in [0.15, 0.2) is 11.6 Å². The molecule has 5 rings (SSSR count). The van der Waals surface area contributed by atoms with Gasteiger partial charge in [-0.3, -0.25) is 9.59 Å². The number of hydrogen-bond donors (Lipinski definition) is 2. The first kappa shape index (κ1) is 24.2. The topological polar surface area (TPSA) is 110 Å². The molecule has 1 aliphatic rings. The molecule has 2 N–H and O–H groups in total. The van der Waals surface area contributed by atoms with E-state index < -0.39 is 0 Å². The van der Waals surface area contributed by atoms with Crippen LogP contribution in [0.3, 0.4) is 0 Å². The van der Waals surface area contributed by atoms with E-state index in [2.05, 4.69) is 31.0 Å². The van der Waals surface area contributed by atoms with E-state index in [1.807, 2.05) is 84.9 Å². The van der Waals surface area contributed by atoms with Gasteiger partial charge in [-0.15, -0.1) is 10.2 Å². The third kappa shape index (κ3) is 6.61. The monoisotopic (exact) mass is 492 g/mol. The molecule has 0 bridgehead atoms. The highest BCUT2D eigenvalue weighted by Crippen LogP contribution is 2.42. The highest BCUT2D eigenvalue weighted by atomic mass is 16.2. The van der Waals surface area contributed by atoms with E-state index in [0.29, 0.717) is 24.5 Å². The van der Waals surface area contributed by atoms with Crippen molar-refractivity contribution in [3.63, 3.8) is 0 Å². The third-order valence-corrected chi connectivity index (χ3v) is 6.59. The molecule has 2 aromatic heterocycles. The first-order chi connectivity index (χ1) is 18.1. The molecule has 37 heavy (non-hydrogen) atoms. The van der Waals surface area contributed by atoms with E-state index in [0.717, 1.165) is 41.8 Å². The van der Waals surface area contributed by atoms with Crippen LogP contribution in [0.2, 0.25) is 0 Å². The highest BCUT2D eigenvalue weighted by molar-refractivity contribution is 5.91. The van der Waals surface area contributed by atoms with Gasteiger partial charge in [-0.25, -0.2) is 0 Å². The Labute approximate surface area is 215 Å². The Morgan fingerprint density at radius 3 is 1.41 bits per heavy atom. The van der Waals surface area contributed by atoms with Crippen molar-refractivity contribution in [3.05, 3.63) is 107 Å². The van der Waals surface area contributed by atoms with Crippen molar-refractivity contribution in [1.29, 1.82) is 0 Å². The zero-order valence-electron chi connectivity index (χ0n) is 20.4. The summed E-state index contributed by atoms with van der Waals surface area (Å²) in [5, 5.41) is 22.8. The van der Waals surface area contributed by atoms with Gasteiger partial charge < -0.3 is 10.6 Å². The van der Waals surface area contributed by atoms with Crippen LogP contribution in [0.5, 0.6) is 0 Å². The van der Waals surface area contributed by atoms with Crippen LogP contribution in [0.15, 0.2) is 84.9 Å². The quantitative estimate of drug-likeness (QED) is 0.370. The average Bonchev–Trinajstić information content (AvgIpc) is 3.41. The number of rotatable bonds is 8. The minimum absolute atomic E-state index is 0.118. The Morgan fingerprint density at radius 1 is 0.595 bits per heavy atom. The van der Waals surface area contributed by atoms with Crippen LogP contribution >= 0.6 is 0 Å². The van der Waals surface area contributed by atoms with Crippen LogP contribution in [0.4, 0.5) is 11.6 Å². The number of benzene rings is 2. The van der Waals surface area contributed by atoms with Gasteiger partial charge in [0.1, 0.15) is 0 Å². The van der Waals surface area contributed by atoms with E-state index in [4.69, 9.17) is 0 Å². The van der Waals surface area contributed by atoms with Gasteiger partial charge in [0, 0.05) is 11.8 Å². The summed E-state index contributed by atoms with van der Waals surface area (Å²) in [5.74, 6) is 1.22. The van der Waals surface area contributed by atoms with Crippen LogP contribution in [0, 0.1) is 0 Å². The number of carbonyl (C=O) groups excluding carboxylic acids is 2. The number of aromatic nitrogens is 4. The van der Waals surface area contributed by atoms with Gasteiger partial charge in [0.2, 0.25) is 11.8 Å². The second-order valence-electron chi connectivity index (χ2n) is 9.31. The van der Waals surface area contributed by atoms with Crippen molar-refractivity contribution in [2.75, 3.05) is 10.6 Å². The first-order valence-corrected chi connectivity index (χ1v) is 12.5. The number of nitrogens with one attached hydrogen (secondary N) is 2. The summed E-state index contributed by atoms with van der Waals surface area (Å²) in [6, 6.07) is 26.7. The number of nitrogens with zero attached hydrogens (tertiary/aromatic N) is 4. The third-order valence-electron chi connectivity index (χ3n) is 6.59. The fraction of sp³-hybridized carbons (Fsp3) is 0.241. The molecule has 2 atom stereocenters. The number of hydrogen-bond acceptors (Lipinski definition) is 6. The van der Waals surface area contributed by atoms with Gasteiger partial charge in [-0.05, 0) is 54.7 Å². The maximum atomic E-state index is 12.3. The molecule has 186 valence electrons. The fourth-order valence-electron chi connectivity index (χ4n) is 4.71. The number of anilines is 2. The molecule has 0 unspecified atom stereocenters. The smallest absolute Gasteiger partial charge is 0.229 e. The van der Waals surface area contributed by atoms with Gasteiger partial charge in [0.05, 0.1) is 24.2 Å². The highest BCUT2D eigenvalue weighted by Gasteiger charge is 2.29. The Balaban J connectivity index is 1.12. The van der Waals surface area contributed by atoms with Gasteiger partial charge >= 0.3 is 0 Å². The van der Waals surface area contributed by atoms with Crippen LogP contribution in [-0.4, -0.2) is 32.2 Å². The molecule has 1 aliphatic carbocycles. The number of amides is 2. The van der Waals surface area contributed by atoms with Crippen molar-refractivity contribution in [3.8, 4) is 0 Å². The summed E-state index contributed by atoms with van der Waals surface area (Å²) in [6.45, 7) is 0. The molecule has 0 radical (unpaired) electrons. The van der Waals surface area contributed by atoms with Gasteiger partial charge in [-0.1, -0.05) is 60.7 Å². The molecule has 8 heteroatoms. The van der Waals surface area contributed by atoms with Crippen LogP contribution in [0.25, 0.3) is 0 Å². The van der Waals surface area contributed by atoms with E-state index in [9.17, 15) is 9.59 Å². The summed E-state index contributed by atoms with van der Waals surface area (Å²) in [5.41, 5.74) is 3.74. The minimum Gasteiger partial charge on any atom is -0.309 e. The van der Waals surface area contributed by atoms with Crippen molar-refractivity contribution in [2.24, 2.45) is 0 Å². The Kier molecular flexibility index (Phi) is 7.55.